The lowest BCUT2D eigenvalue weighted by molar-refractivity contribution is 0.270. The van der Waals surface area contributed by atoms with Gasteiger partial charge >= 0.3 is 0 Å². The number of likely N-dealkylation sites (N-methyl/N-ethyl adjacent to an activating group) is 1. The maximum atomic E-state index is 5.96. The molecule has 0 amide bonds. The molecule has 0 aliphatic rings. The van der Waals surface area contributed by atoms with Crippen LogP contribution in [0.25, 0.3) is 0 Å². The van der Waals surface area contributed by atoms with Gasteiger partial charge in [-0.05, 0) is 62.2 Å². The van der Waals surface area contributed by atoms with E-state index in [0.717, 1.165) is 12.2 Å². The largest absolute Gasteiger partial charge is 0.492 e. The Labute approximate surface area is 132 Å². The van der Waals surface area contributed by atoms with E-state index in [1.807, 2.05) is 31.3 Å². The first-order valence-corrected chi connectivity index (χ1v) is 7.58. The first kappa shape index (κ1) is 15.9. The second kappa shape index (κ2) is 7.48. The van der Waals surface area contributed by atoms with Crippen LogP contribution in [-0.4, -0.2) is 19.7 Å². The Morgan fingerprint density at radius 1 is 1.10 bits per heavy atom. The fourth-order valence-electron chi connectivity index (χ4n) is 2.21. The van der Waals surface area contributed by atoms with E-state index in [1.54, 1.807) is 0 Å². The van der Waals surface area contributed by atoms with Gasteiger partial charge in [-0.2, -0.15) is 0 Å². The van der Waals surface area contributed by atoms with Crippen LogP contribution in [0.4, 0.5) is 0 Å². The van der Waals surface area contributed by atoms with Crippen molar-refractivity contribution in [1.29, 1.82) is 0 Å². The molecule has 0 radical (unpaired) electrons. The summed E-state index contributed by atoms with van der Waals surface area (Å²) in [4.78, 5) is 0. The molecule has 3 heteroatoms. The zero-order valence-corrected chi connectivity index (χ0v) is 13.6. The molecule has 2 aromatic rings. The second-order valence-corrected chi connectivity index (χ2v) is 5.81. The average Bonchev–Trinajstić information content (AvgIpc) is 2.47. The van der Waals surface area contributed by atoms with E-state index in [9.17, 15) is 0 Å². The van der Waals surface area contributed by atoms with Crippen LogP contribution in [0.15, 0.2) is 42.5 Å². The normalized spacial score (nSPS) is 12.2. The van der Waals surface area contributed by atoms with Crippen molar-refractivity contribution in [3.05, 3.63) is 64.2 Å². The number of aryl methyl sites for hydroxylation is 2. The molecule has 1 unspecified atom stereocenters. The molecule has 0 bridgehead atoms. The van der Waals surface area contributed by atoms with Gasteiger partial charge in [0.1, 0.15) is 12.4 Å². The Hall–Kier alpha value is -1.51. The molecule has 0 heterocycles. The summed E-state index contributed by atoms with van der Waals surface area (Å²) in [6, 6.07) is 14.4. The fraction of sp³-hybridized carbons (Fsp3) is 0.333. The molecule has 0 aliphatic carbocycles. The Morgan fingerprint density at radius 2 is 1.90 bits per heavy atom. The summed E-state index contributed by atoms with van der Waals surface area (Å²) >= 11 is 5.96. The van der Waals surface area contributed by atoms with Gasteiger partial charge in [0.05, 0.1) is 0 Å². The number of halogens is 1. The SMILES string of the molecule is CNC(COc1cccc(Cl)c1)Cc1ccc(C)c(C)c1. The van der Waals surface area contributed by atoms with Crippen molar-refractivity contribution in [1.82, 2.24) is 5.32 Å². The Balaban J connectivity index is 1.95. The highest BCUT2D eigenvalue weighted by atomic mass is 35.5. The van der Waals surface area contributed by atoms with Gasteiger partial charge < -0.3 is 10.1 Å². The van der Waals surface area contributed by atoms with Crippen molar-refractivity contribution in [2.75, 3.05) is 13.7 Å². The number of nitrogens with one attached hydrogen (secondary N) is 1. The van der Waals surface area contributed by atoms with Gasteiger partial charge in [0, 0.05) is 11.1 Å². The second-order valence-electron chi connectivity index (χ2n) is 5.38. The molecule has 0 aliphatic heterocycles. The van der Waals surface area contributed by atoms with E-state index < -0.39 is 0 Å². The fourth-order valence-corrected chi connectivity index (χ4v) is 2.39. The summed E-state index contributed by atoms with van der Waals surface area (Å²) in [7, 11) is 1.97. The van der Waals surface area contributed by atoms with E-state index >= 15 is 0 Å². The molecular weight excluding hydrogens is 282 g/mol. The lowest BCUT2D eigenvalue weighted by Gasteiger charge is -2.18. The minimum atomic E-state index is 0.270. The van der Waals surface area contributed by atoms with Gasteiger partial charge in [-0.3, -0.25) is 0 Å². The van der Waals surface area contributed by atoms with Crippen LogP contribution < -0.4 is 10.1 Å². The van der Waals surface area contributed by atoms with Gasteiger partial charge in [-0.1, -0.05) is 35.9 Å². The maximum absolute atomic E-state index is 5.96. The molecule has 112 valence electrons. The van der Waals surface area contributed by atoms with Crippen LogP contribution in [-0.2, 0) is 6.42 Å². The zero-order chi connectivity index (χ0) is 15.2. The lowest BCUT2D eigenvalue weighted by atomic mass is 10.0. The lowest BCUT2D eigenvalue weighted by Crippen LogP contribution is -2.33. The van der Waals surface area contributed by atoms with E-state index in [1.165, 1.54) is 16.7 Å². The van der Waals surface area contributed by atoms with Crippen LogP contribution in [0.5, 0.6) is 5.75 Å². The summed E-state index contributed by atoms with van der Waals surface area (Å²) < 4.78 is 5.82. The number of rotatable bonds is 6. The monoisotopic (exact) mass is 303 g/mol. The molecule has 0 saturated carbocycles. The number of hydrogen-bond donors (Lipinski definition) is 1. The number of ether oxygens (including phenoxy) is 1. The summed E-state index contributed by atoms with van der Waals surface area (Å²) in [5.74, 6) is 0.808. The molecular formula is C18H22ClNO. The zero-order valence-electron chi connectivity index (χ0n) is 12.8. The summed E-state index contributed by atoms with van der Waals surface area (Å²) in [6.45, 7) is 4.90. The van der Waals surface area contributed by atoms with Gasteiger partial charge in [-0.25, -0.2) is 0 Å². The number of hydrogen-bond acceptors (Lipinski definition) is 2. The van der Waals surface area contributed by atoms with E-state index in [2.05, 4.69) is 37.4 Å². The minimum absolute atomic E-state index is 0.270. The smallest absolute Gasteiger partial charge is 0.120 e. The summed E-state index contributed by atoms with van der Waals surface area (Å²) in [6.07, 6.45) is 0.943. The quantitative estimate of drug-likeness (QED) is 0.865. The predicted molar refractivity (Wildman–Crippen MR) is 89.4 cm³/mol. The highest BCUT2D eigenvalue weighted by Gasteiger charge is 2.09. The van der Waals surface area contributed by atoms with Crippen molar-refractivity contribution in [3.8, 4) is 5.75 Å². The van der Waals surface area contributed by atoms with Crippen LogP contribution in [0.1, 0.15) is 16.7 Å². The Kier molecular flexibility index (Phi) is 5.66. The van der Waals surface area contributed by atoms with E-state index in [0.29, 0.717) is 11.6 Å². The highest BCUT2D eigenvalue weighted by Crippen LogP contribution is 2.18. The molecule has 1 atom stereocenters. The topological polar surface area (TPSA) is 21.3 Å². The van der Waals surface area contributed by atoms with Crippen LogP contribution in [0.3, 0.4) is 0 Å². The molecule has 2 rings (SSSR count). The van der Waals surface area contributed by atoms with Gasteiger partial charge in [0.2, 0.25) is 0 Å². The molecule has 0 fully saturated rings. The Morgan fingerprint density at radius 3 is 2.57 bits per heavy atom. The minimum Gasteiger partial charge on any atom is -0.492 e. The van der Waals surface area contributed by atoms with E-state index in [-0.39, 0.29) is 6.04 Å². The highest BCUT2D eigenvalue weighted by molar-refractivity contribution is 6.30. The number of benzene rings is 2. The van der Waals surface area contributed by atoms with Crippen molar-refractivity contribution in [2.45, 2.75) is 26.3 Å². The van der Waals surface area contributed by atoms with E-state index in [4.69, 9.17) is 16.3 Å². The molecule has 0 saturated heterocycles. The first-order chi connectivity index (χ1) is 10.1. The molecule has 0 aromatic heterocycles. The maximum Gasteiger partial charge on any atom is 0.120 e. The standard InChI is InChI=1S/C18H22ClNO/c1-13-7-8-15(9-14(13)2)10-17(20-3)12-21-18-6-4-5-16(19)11-18/h4-9,11,17,20H,10,12H2,1-3H3. The van der Waals surface area contributed by atoms with Crippen molar-refractivity contribution < 1.29 is 4.74 Å². The molecule has 21 heavy (non-hydrogen) atoms. The van der Waals surface area contributed by atoms with Gasteiger partial charge in [0.25, 0.3) is 0 Å². The van der Waals surface area contributed by atoms with Crippen LogP contribution >= 0.6 is 11.6 Å². The third-order valence-electron chi connectivity index (χ3n) is 3.71. The van der Waals surface area contributed by atoms with Crippen molar-refractivity contribution in [2.24, 2.45) is 0 Å². The van der Waals surface area contributed by atoms with Gasteiger partial charge in [0.15, 0.2) is 0 Å². The Bertz CT molecular complexity index is 598. The molecule has 2 aromatic carbocycles. The van der Waals surface area contributed by atoms with Crippen molar-refractivity contribution in [3.63, 3.8) is 0 Å². The van der Waals surface area contributed by atoms with Gasteiger partial charge in [-0.15, -0.1) is 0 Å². The molecule has 0 spiro atoms. The molecule has 1 N–H and O–H groups in total. The first-order valence-electron chi connectivity index (χ1n) is 7.20. The van der Waals surface area contributed by atoms with Crippen LogP contribution in [0.2, 0.25) is 5.02 Å². The molecule has 2 nitrogen and oxygen atoms in total. The third kappa shape index (κ3) is 4.76. The average molecular weight is 304 g/mol. The third-order valence-corrected chi connectivity index (χ3v) is 3.94. The van der Waals surface area contributed by atoms with Crippen LogP contribution in [0, 0.1) is 13.8 Å². The summed E-state index contributed by atoms with van der Waals surface area (Å²) in [5, 5.41) is 4.01. The predicted octanol–water partition coefficient (Wildman–Crippen LogP) is 4.17. The van der Waals surface area contributed by atoms with Crippen molar-refractivity contribution >= 4 is 11.6 Å². The summed E-state index contributed by atoms with van der Waals surface area (Å²) in [5.41, 5.74) is 3.99.